The van der Waals surface area contributed by atoms with Crippen LogP contribution >= 0.6 is 7.75 Å². The fraction of sp³-hybridized carbons (Fsp3) is 0.267. The summed E-state index contributed by atoms with van der Waals surface area (Å²) in [4.78, 5) is 38.3. The number of imidazole rings is 1. The number of aliphatic hydroxyl groups is 2. The van der Waals surface area contributed by atoms with Gasteiger partial charge in [0.25, 0.3) is 5.56 Å². The van der Waals surface area contributed by atoms with Gasteiger partial charge in [-0.05, 0) is 29.5 Å². The molecule has 18 heteroatoms. The number of rotatable bonds is 12. The van der Waals surface area contributed by atoms with Gasteiger partial charge < -0.3 is 29.2 Å². The summed E-state index contributed by atoms with van der Waals surface area (Å²) >= 11 is 0. The van der Waals surface area contributed by atoms with Gasteiger partial charge in [0.05, 0.1) is 19.3 Å². The number of aliphatic hydroxyl groups excluding tert-OH is 2. The van der Waals surface area contributed by atoms with Crippen LogP contribution in [0.15, 0.2) is 95.4 Å². The average Bonchev–Trinajstić information content (AvgIpc) is 3.63. The summed E-state index contributed by atoms with van der Waals surface area (Å²) in [7, 11) is -4.63. The first-order chi connectivity index (χ1) is 23.1. The Kier molecular flexibility index (Phi) is 9.26. The fourth-order valence-corrected chi connectivity index (χ4v) is 6.70. The molecule has 1 aliphatic heterocycles. The van der Waals surface area contributed by atoms with Gasteiger partial charge in [-0.3, -0.25) is 18.7 Å². The molecule has 6 rings (SSSR count). The third-order valence-corrected chi connectivity index (χ3v) is 9.20. The monoisotopic (exact) mass is 676 g/mol. The van der Waals surface area contributed by atoms with Crippen molar-refractivity contribution in [2.75, 3.05) is 6.61 Å². The van der Waals surface area contributed by atoms with E-state index in [1.165, 1.54) is 11.5 Å². The fourth-order valence-electron chi connectivity index (χ4n) is 5.16. The normalized spacial score (nSPS) is 22.5. The van der Waals surface area contributed by atoms with Crippen molar-refractivity contribution in [1.29, 1.82) is 0 Å². The van der Waals surface area contributed by atoms with Gasteiger partial charge in [-0.2, -0.15) is 5.09 Å². The molecule has 0 spiro atoms. The summed E-state index contributed by atoms with van der Waals surface area (Å²) in [5, 5.41) is 29.6. The minimum Gasteiger partial charge on any atom is -0.460 e. The van der Waals surface area contributed by atoms with Crippen molar-refractivity contribution < 1.29 is 38.1 Å². The van der Waals surface area contributed by atoms with E-state index in [2.05, 4.69) is 30.1 Å². The van der Waals surface area contributed by atoms with E-state index in [1.54, 1.807) is 48.5 Å². The lowest BCUT2D eigenvalue weighted by molar-refractivity contribution is -0.146. The van der Waals surface area contributed by atoms with E-state index in [0.717, 1.165) is 23.6 Å². The van der Waals surface area contributed by atoms with Gasteiger partial charge in [0, 0.05) is 10.3 Å². The van der Waals surface area contributed by atoms with Crippen molar-refractivity contribution in [2.45, 2.75) is 43.7 Å². The van der Waals surface area contributed by atoms with Crippen LogP contribution in [0.1, 0.15) is 18.7 Å². The number of H-pyrrole nitrogens is 1. The highest BCUT2D eigenvalue weighted by Crippen LogP contribution is 2.49. The number of fused-ring (bicyclic) bond motifs is 2. The number of ether oxygens (including phenoxy) is 2. The highest BCUT2D eigenvalue weighted by molar-refractivity contribution is 7.52. The van der Waals surface area contributed by atoms with Crippen LogP contribution in [0.3, 0.4) is 0 Å². The number of carbonyl (C=O) groups is 1. The number of aromatic nitrogens is 4. The third kappa shape index (κ3) is 6.52. The molecule has 1 saturated heterocycles. The first-order valence-corrected chi connectivity index (χ1v) is 16.1. The predicted molar refractivity (Wildman–Crippen MR) is 169 cm³/mol. The summed E-state index contributed by atoms with van der Waals surface area (Å²) in [6.07, 6.45) is -2.93. The lowest BCUT2D eigenvalue weighted by atomic mass is 10.1. The molecule has 0 radical (unpaired) electrons. The Morgan fingerprint density at radius 3 is 2.71 bits per heavy atom. The second kappa shape index (κ2) is 13.5. The van der Waals surface area contributed by atoms with Gasteiger partial charge in [0.1, 0.15) is 30.6 Å². The molecule has 17 nitrogen and oxygen atoms in total. The molecule has 0 saturated carbocycles. The van der Waals surface area contributed by atoms with E-state index in [-0.39, 0.29) is 23.5 Å². The number of hydrogen-bond acceptors (Lipinski definition) is 12. The van der Waals surface area contributed by atoms with E-state index in [1.807, 2.05) is 24.3 Å². The van der Waals surface area contributed by atoms with Crippen molar-refractivity contribution in [1.82, 2.24) is 24.6 Å². The molecular weight excluding hydrogens is 647 g/mol. The third-order valence-electron chi connectivity index (χ3n) is 7.59. The Balaban J connectivity index is 1.29. The number of nitrogens with zero attached hydrogens (tertiary/aromatic N) is 6. The molecule has 3 aromatic carbocycles. The molecule has 0 bridgehead atoms. The van der Waals surface area contributed by atoms with Crippen LogP contribution in [0, 0.1) is 0 Å². The maximum atomic E-state index is 14.5. The Morgan fingerprint density at radius 1 is 1.17 bits per heavy atom. The number of aromatic amines is 1. The summed E-state index contributed by atoms with van der Waals surface area (Å²) < 4.78 is 38.6. The number of carbonyl (C=O) groups excluding carboxylic acids is 1. The molecule has 2 aromatic heterocycles. The van der Waals surface area contributed by atoms with Gasteiger partial charge in [-0.1, -0.05) is 71.8 Å². The second-order valence-electron chi connectivity index (χ2n) is 10.8. The summed E-state index contributed by atoms with van der Waals surface area (Å²) in [5.41, 5.74) is 7.16. The largest absolute Gasteiger partial charge is 0.460 e. The van der Waals surface area contributed by atoms with Gasteiger partial charge in [0.15, 0.2) is 17.4 Å². The molecule has 48 heavy (non-hydrogen) atoms. The molecule has 0 amide bonds. The lowest BCUT2D eigenvalue weighted by Gasteiger charge is -2.29. The molecule has 6 atom stereocenters. The maximum absolute atomic E-state index is 14.5. The summed E-state index contributed by atoms with van der Waals surface area (Å²) in [5.74, 6) is -0.658. The van der Waals surface area contributed by atoms with Crippen LogP contribution < -0.4 is 15.2 Å². The Morgan fingerprint density at radius 2 is 1.92 bits per heavy atom. The van der Waals surface area contributed by atoms with Crippen molar-refractivity contribution in [3.8, 4) is 5.75 Å². The maximum Gasteiger partial charge on any atom is 0.459 e. The molecule has 1 aliphatic rings. The number of nitrogens with one attached hydrogen (secondary N) is 2. The molecule has 1 unspecified atom stereocenters. The minimum absolute atomic E-state index is 0.00197. The van der Waals surface area contributed by atoms with E-state index < -0.39 is 56.1 Å². The molecule has 3 heterocycles. The lowest BCUT2D eigenvalue weighted by Crippen LogP contribution is -2.45. The van der Waals surface area contributed by atoms with Crippen LogP contribution in [0.4, 0.5) is 0 Å². The Labute approximate surface area is 271 Å². The van der Waals surface area contributed by atoms with Crippen LogP contribution in [0.25, 0.3) is 32.4 Å². The van der Waals surface area contributed by atoms with Gasteiger partial charge in [0.2, 0.25) is 5.72 Å². The van der Waals surface area contributed by atoms with Crippen molar-refractivity contribution in [2.24, 2.45) is 5.11 Å². The summed E-state index contributed by atoms with van der Waals surface area (Å²) in [6.45, 7) is 0.399. The SMILES string of the molecule is C[C@@H](NP(=O)(OC[C@@]1(N=[N+]=[N-])O[C@@H](n2cnc3c(=O)[nH]cnc32)[C@H](O)[C@@H]1O)Oc1cccc2ccccc12)C(=O)OCc1ccccc1. The predicted octanol–water partition coefficient (Wildman–Crippen LogP) is 3.46. The topological polar surface area (TPSA) is 236 Å². The van der Waals surface area contributed by atoms with E-state index in [9.17, 15) is 29.9 Å². The van der Waals surface area contributed by atoms with Crippen LogP contribution in [0.2, 0.25) is 0 Å². The molecule has 248 valence electrons. The summed E-state index contributed by atoms with van der Waals surface area (Å²) in [6, 6.07) is 19.8. The number of hydrogen-bond donors (Lipinski definition) is 4. The Bertz CT molecular complexity index is 2100. The van der Waals surface area contributed by atoms with Crippen molar-refractivity contribution >= 4 is 35.7 Å². The number of benzene rings is 3. The van der Waals surface area contributed by atoms with Crippen LogP contribution in [0.5, 0.6) is 5.75 Å². The van der Waals surface area contributed by atoms with E-state index in [0.29, 0.717) is 5.39 Å². The Hall–Kier alpha value is -5.12. The number of azide groups is 1. The van der Waals surface area contributed by atoms with Gasteiger partial charge >= 0.3 is 13.7 Å². The van der Waals surface area contributed by atoms with E-state index in [4.69, 9.17) is 18.5 Å². The van der Waals surface area contributed by atoms with Crippen LogP contribution in [-0.2, 0) is 30.0 Å². The number of esters is 1. The zero-order valence-corrected chi connectivity index (χ0v) is 26.1. The van der Waals surface area contributed by atoms with Crippen molar-refractivity contribution in [3.05, 3.63) is 112 Å². The molecule has 4 N–H and O–H groups in total. The molecule has 1 fully saturated rings. The quantitative estimate of drug-likeness (QED) is 0.0489. The zero-order chi connectivity index (χ0) is 33.9. The first-order valence-electron chi connectivity index (χ1n) is 14.5. The molecular formula is C30H29N8O9P. The standard InChI is InChI=1S/C30H29N8O9P/c1-18(29(42)44-14-19-8-3-2-4-9-19)35-48(43,47-22-13-7-11-20-10-5-6-12-21(20)22)45-15-30(36-37-31)25(40)24(39)28(46-30)38-17-34-23-26(38)32-16-33-27(23)41/h2-13,16-18,24-25,28,39-40H,14-15H2,1H3,(H,35,43)(H,32,33,41)/t18-,24-,25+,28-,30-,48?/m1/s1. The van der Waals surface area contributed by atoms with Gasteiger partial charge in [-0.25, -0.2) is 14.5 Å². The zero-order valence-electron chi connectivity index (χ0n) is 25.2. The van der Waals surface area contributed by atoms with Crippen LogP contribution in [-0.4, -0.2) is 66.3 Å². The molecule has 0 aliphatic carbocycles. The van der Waals surface area contributed by atoms with Crippen molar-refractivity contribution in [3.63, 3.8) is 0 Å². The second-order valence-corrected chi connectivity index (χ2v) is 12.5. The first kappa shape index (κ1) is 32.8. The molecule has 5 aromatic rings. The average molecular weight is 677 g/mol. The van der Waals surface area contributed by atoms with E-state index >= 15 is 0 Å². The van der Waals surface area contributed by atoms with Gasteiger partial charge in [-0.15, -0.1) is 0 Å². The smallest absolute Gasteiger partial charge is 0.459 e. The highest BCUT2D eigenvalue weighted by Gasteiger charge is 2.56. The minimum atomic E-state index is -4.63. The highest BCUT2D eigenvalue weighted by atomic mass is 31.2.